The van der Waals surface area contributed by atoms with Crippen LogP contribution >= 0.6 is 0 Å². The van der Waals surface area contributed by atoms with Gasteiger partial charge < -0.3 is 15.5 Å². The molecule has 5 heteroatoms. The topological polar surface area (TPSA) is 61.4 Å². The predicted octanol–water partition coefficient (Wildman–Crippen LogP) is 1.53. The normalized spacial score (nSPS) is 25.8. The van der Waals surface area contributed by atoms with E-state index in [4.69, 9.17) is 0 Å². The SMILES string of the molecule is CCCC(=O)N1CCCC(C(=O)NCCC2CCCNC2)C1. The number of hydrogen-bond donors (Lipinski definition) is 2. The van der Waals surface area contributed by atoms with Gasteiger partial charge >= 0.3 is 0 Å². The number of hydrogen-bond acceptors (Lipinski definition) is 3. The summed E-state index contributed by atoms with van der Waals surface area (Å²) in [5.41, 5.74) is 0. The van der Waals surface area contributed by atoms with Gasteiger partial charge in [0, 0.05) is 26.1 Å². The van der Waals surface area contributed by atoms with Gasteiger partial charge in [0.25, 0.3) is 0 Å². The molecule has 2 unspecified atom stereocenters. The number of carbonyl (C=O) groups excluding carboxylic acids is 2. The smallest absolute Gasteiger partial charge is 0.224 e. The molecule has 2 fully saturated rings. The molecule has 0 aliphatic carbocycles. The number of likely N-dealkylation sites (tertiary alicyclic amines) is 1. The van der Waals surface area contributed by atoms with Gasteiger partial charge in [0.05, 0.1) is 5.92 Å². The molecular formula is C17H31N3O2. The lowest BCUT2D eigenvalue weighted by Gasteiger charge is -2.32. The average Bonchev–Trinajstić information content (AvgIpc) is 2.56. The van der Waals surface area contributed by atoms with Crippen molar-refractivity contribution in [3.05, 3.63) is 0 Å². The molecule has 0 aromatic rings. The van der Waals surface area contributed by atoms with E-state index >= 15 is 0 Å². The Morgan fingerprint density at radius 2 is 2.14 bits per heavy atom. The van der Waals surface area contributed by atoms with E-state index in [1.807, 2.05) is 11.8 Å². The zero-order chi connectivity index (χ0) is 15.8. The van der Waals surface area contributed by atoms with Crippen LogP contribution in [0.4, 0.5) is 0 Å². The summed E-state index contributed by atoms with van der Waals surface area (Å²) in [6, 6.07) is 0. The number of nitrogens with one attached hydrogen (secondary N) is 2. The minimum atomic E-state index is -0.0148. The van der Waals surface area contributed by atoms with Crippen molar-refractivity contribution in [2.24, 2.45) is 11.8 Å². The second kappa shape index (κ2) is 9.13. The van der Waals surface area contributed by atoms with Crippen molar-refractivity contribution < 1.29 is 9.59 Å². The largest absolute Gasteiger partial charge is 0.356 e. The highest BCUT2D eigenvalue weighted by molar-refractivity contribution is 5.81. The van der Waals surface area contributed by atoms with Crippen LogP contribution in [0.2, 0.25) is 0 Å². The Kier molecular flexibility index (Phi) is 7.16. The fraction of sp³-hybridized carbons (Fsp3) is 0.882. The van der Waals surface area contributed by atoms with E-state index in [0.717, 1.165) is 51.9 Å². The van der Waals surface area contributed by atoms with Crippen LogP contribution < -0.4 is 10.6 Å². The van der Waals surface area contributed by atoms with Crippen molar-refractivity contribution in [3.63, 3.8) is 0 Å². The summed E-state index contributed by atoms with van der Waals surface area (Å²) in [6.45, 7) is 6.42. The van der Waals surface area contributed by atoms with E-state index in [9.17, 15) is 9.59 Å². The van der Waals surface area contributed by atoms with Gasteiger partial charge in [-0.05, 0) is 57.5 Å². The second-order valence-corrected chi connectivity index (χ2v) is 6.72. The van der Waals surface area contributed by atoms with Gasteiger partial charge in [0.2, 0.25) is 11.8 Å². The van der Waals surface area contributed by atoms with E-state index < -0.39 is 0 Å². The van der Waals surface area contributed by atoms with Crippen molar-refractivity contribution >= 4 is 11.8 Å². The first-order valence-corrected chi connectivity index (χ1v) is 8.97. The van der Waals surface area contributed by atoms with Gasteiger partial charge in [-0.15, -0.1) is 0 Å². The van der Waals surface area contributed by atoms with Crippen LogP contribution in [0.15, 0.2) is 0 Å². The van der Waals surface area contributed by atoms with Crippen LogP contribution in [0.25, 0.3) is 0 Å². The van der Waals surface area contributed by atoms with Gasteiger partial charge in [-0.3, -0.25) is 9.59 Å². The molecule has 2 saturated heterocycles. The van der Waals surface area contributed by atoms with Crippen molar-refractivity contribution in [3.8, 4) is 0 Å². The molecule has 0 radical (unpaired) electrons. The molecular weight excluding hydrogens is 278 g/mol. The van der Waals surface area contributed by atoms with Crippen LogP contribution in [0, 0.1) is 11.8 Å². The first-order chi connectivity index (χ1) is 10.7. The molecule has 2 heterocycles. The number of amides is 2. The lowest BCUT2D eigenvalue weighted by molar-refractivity contribution is -0.135. The van der Waals surface area contributed by atoms with Gasteiger partial charge in [-0.1, -0.05) is 6.92 Å². The summed E-state index contributed by atoms with van der Waals surface area (Å²) in [7, 11) is 0. The summed E-state index contributed by atoms with van der Waals surface area (Å²) in [4.78, 5) is 26.2. The molecule has 2 N–H and O–H groups in total. The van der Waals surface area contributed by atoms with E-state index in [1.54, 1.807) is 0 Å². The van der Waals surface area contributed by atoms with Crippen molar-refractivity contribution in [1.82, 2.24) is 15.5 Å². The third-order valence-corrected chi connectivity index (χ3v) is 4.86. The highest BCUT2D eigenvalue weighted by Gasteiger charge is 2.27. The minimum Gasteiger partial charge on any atom is -0.356 e. The molecule has 22 heavy (non-hydrogen) atoms. The van der Waals surface area contributed by atoms with E-state index in [1.165, 1.54) is 12.8 Å². The molecule has 126 valence electrons. The molecule has 0 saturated carbocycles. The fourth-order valence-corrected chi connectivity index (χ4v) is 3.50. The Labute approximate surface area is 134 Å². The van der Waals surface area contributed by atoms with E-state index in [0.29, 0.717) is 18.9 Å². The molecule has 2 aliphatic rings. The third kappa shape index (κ3) is 5.27. The number of carbonyl (C=O) groups is 2. The lowest BCUT2D eigenvalue weighted by Crippen LogP contribution is -2.45. The Balaban J connectivity index is 1.68. The van der Waals surface area contributed by atoms with Crippen LogP contribution in [0.1, 0.15) is 51.9 Å². The van der Waals surface area contributed by atoms with Crippen molar-refractivity contribution in [2.45, 2.75) is 51.9 Å². The summed E-state index contributed by atoms with van der Waals surface area (Å²) >= 11 is 0. The molecule has 2 aliphatic heterocycles. The molecule has 0 spiro atoms. The molecule has 0 bridgehead atoms. The van der Waals surface area contributed by atoms with E-state index in [-0.39, 0.29) is 17.7 Å². The Bertz CT molecular complexity index is 367. The highest BCUT2D eigenvalue weighted by Crippen LogP contribution is 2.18. The molecule has 2 atom stereocenters. The van der Waals surface area contributed by atoms with Crippen LogP contribution in [-0.4, -0.2) is 49.4 Å². The lowest BCUT2D eigenvalue weighted by atomic mass is 9.95. The molecule has 0 aromatic carbocycles. The predicted molar refractivity (Wildman–Crippen MR) is 87.4 cm³/mol. The summed E-state index contributed by atoms with van der Waals surface area (Å²) in [6.07, 6.45) is 6.91. The fourth-order valence-electron chi connectivity index (χ4n) is 3.50. The Morgan fingerprint density at radius 3 is 2.86 bits per heavy atom. The Morgan fingerprint density at radius 1 is 1.27 bits per heavy atom. The maximum Gasteiger partial charge on any atom is 0.224 e. The van der Waals surface area contributed by atoms with Gasteiger partial charge in [0.15, 0.2) is 0 Å². The maximum atomic E-state index is 12.3. The number of rotatable bonds is 6. The second-order valence-electron chi connectivity index (χ2n) is 6.72. The van der Waals surface area contributed by atoms with Crippen LogP contribution in [-0.2, 0) is 9.59 Å². The number of piperidine rings is 2. The third-order valence-electron chi connectivity index (χ3n) is 4.86. The van der Waals surface area contributed by atoms with Crippen LogP contribution in [0.5, 0.6) is 0 Å². The van der Waals surface area contributed by atoms with Crippen molar-refractivity contribution in [2.75, 3.05) is 32.7 Å². The standard InChI is InChI=1S/C17H31N3O2/c1-2-5-16(21)20-11-4-7-15(13-20)17(22)19-10-8-14-6-3-9-18-12-14/h14-15,18H,2-13H2,1H3,(H,19,22). The molecule has 5 nitrogen and oxygen atoms in total. The molecule has 0 aromatic heterocycles. The zero-order valence-corrected chi connectivity index (χ0v) is 13.9. The summed E-state index contributed by atoms with van der Waals surface area (Å²) in [5.74, 6) is 1.02. The first kappa shape index (κ1) is 17.3. The highest BCUT2D eigenvalue weighted by atomic mass is 16.2. The summed E-state index contributed by atoms with van der Waals surface area (Å²) in [5, 5.41) is 6.50. The number of nitrogens with zero attached hydrogens (tertiary/aromatic N) is 1. The van der Waals surface area contributed by atoms with E-state index in [2.05, 4.69) is 10.6 Å². The van der Waals surface area contributed by atoms with Gasteiger partial charge in [-0.2, -0.15) is 0 Å². The van der Waals surface area contributed by atoms with Crippen molar-refractivity contribution in [1.29, 1.82) is 0 Å². The summed E-state index contributed by atoms with van der Waals surface area (Å²) < 4.78 is 0. The quantitative estimate of drug-likeness (QED) is 0.782. The average molecular weight is 309 g/mol. The molecule has 2 rings (SSSR count). The first-order valence-electron chi connectivity index (χ1n) is 8.97. The van der Waals surface area contributed by atoms with Gasteiger partial charge in [0.1, 0.15) is 0 Å². The monoisotopic (exact) mass is 309 g/mol. The minimum absolute atomic E-state index is 0.0148. The zero-order valence-electron chi connectivity index (χ0n) is 13.9. The molecule has 2 amide bonds. The van der Waals surface area contributed by atoms with Gasteiger partial charge in [-0.25, -0.2) is 0 Å². The van der Waals surface area contributed by atoms with Crippen LogP contribution in [0.3, 0.4) is 0 Å². The Hall–Kier alpha value is -1.10. The maximum absolute atomic E-state index is 12.3.